The van der Waals surface area contributed by atoms with Crippen molar-refractivity contribution in [3.63, 3.8) is 0 Å². The number of hydrogen-bond donors (Lipinski definition) is 0. The number of nitrogens with zero attached hydrogens (tertiary/aromatic N) is 2. The molecule has 0 amide bonds. The van der Waals surface area contributed by atoms with Crippen LogP contribution >= 0.6 is 0 Å². The topological polar surface area (TPSA) is 98.9 Å². The quantitative estimate of drug-likeness (QED) is 0.524. The van der Waals surface area contributed by atoms with E-state index in [1.54, 1.807) is 6.07 Å². The van der Waals surface area contributed by atoms with Crippen molar-refractivity contribution in [3.8, 4) is 11.3 Å². The summed E-state index contributed by atoms with van der Waals surface area (Å²) in [5.74, 6) is -0.263. The molecule has 8 nitrogen and oxygen atoms in total. The number of hydrogen-bond acceptors (Lipinski definition) is 7. The van der Waals surface area contributed by atoms with Crippen LogP contribution in [-0.2, 0) is 26.1 Å². The second-order valence-electron chi connectivity index (χ2n) is 7.73. The van der Waals surface area contributed by atoms with Gasteiger partial charge < -0.3 is 14.0 Å². The molecular weight excluding hydrogens is 432 g/mol. The Bertz CT molecular complexity index is 1180. The summed E-state index contributed by atoms with van der Waals surface area (Å²) in [6.07, 6.45) is -0.409. The maximum absolute atomic E-state index is 13.1. The van der Waals surface area contributed by atoms with Crippen LogP contribution in [0.15, 0.2) is 70.1 Å². The van der Waals surface area contributed by atoms with E-state index in [-0.39, 0.29) is 42.4 Å². The summed E-state index contributed by atoms with van der Waals surface area (Å²) in [4.78, 5) is 12.6. The van der Waals surface area contributed by atoms with Crippen LogP contribution in [0.1, 0.15) is 30.0 Å². The van der Waals surface area contributed by atoms with Gasteiger partial charge >= 0.3 is 5.97 Å². The smallest absolute Gasteiger partial charge is 0.338 e. The summed E-state index contributed by atoms with van der Waals surface area (Å²) in [6.45, 7) is 4.07. The van der Waals surface area contributed by atoms with Crippen molar-refractivity contribution in [1.29, 1.82) is 0 Å². The molecule has 1 aliphatic heterocycles. The first-order valence-electron chi connectivity index (χ1n) is 10.3. The Morgan fingerprint density at radius 2 is 1.78 bits per heavy atom. The number of rotatable bonds is 6. The molecule has 4 rings (SSSR count). The zero-order chi connectivity index (χ0) is 22.7. The third-order valence-corrected chi connectivity index (χ3v) is 6.90. The molecule has 0 N–H and O–H groups in total. The molecule has 1 aromatic heterocycles. The van der Waals surface area contributed by atoms with Crippen LogP contribution in [0.3, 0.4) is 0 Å². The number of carbonyl (C=O) groups excluding carboxylic acids is 1. The van der Waals surface area contributed by atoms with Crippen LogP contribution in [-0.4, -0.2) is 49.1 Å². The molecule has 2 aromatic carbocycles. The number of aromatic nitrogens is 1. The zero-order valence-corrected chi connectivity index (χ0v) is 18.6. The first kappa shape index (κ1) is 22.2. The van der Waals surface area contributed by atoms with Crippen molar-refractivity contribution in [2.45, 2.75) is 37.6 Å². The number of sulfonamides is 1. The van der Waals surface area contributed by atoms with E-state index in [1.165, 1.54) is 28.6 Å². The van der Waals surface area contributed by atoms with Gasteiger partial charge in [-0.3, -0.25) is 0 Å². The largest absolute Gasteiger partial charge is 0.454 e. The Labute approximate surface area is 186 Å². The standard InChI is InChI=1S/C23H24N2O6S/c1-16-13-25(14-17(2)30-16)32(27,28)21-10-6-9-19(11-21)23(26)29-15-20-12-22(24-31-20)18-7-4-3-5-8-18/h3-12,16-17H,13-15H2,1-2H3/t16-,17-/m1/s1. The monoisotopic (exact) mass is 456 g/mol. The van der Waals surface area contributed by atoms with Crippen molar-refractivity contribution < 1.29 is 27.2 Å². The predicted molar refractivity (Wildman–Crippen MR) is 116 cm³/mol. The number of benzene rings is 2. The molecule has 0 spiro atoms. The van der Waals surface area contributed by atoms with Crippen LogP contribution in [0.25, 0.3) is 11.3 Å². The SMILES string of the molecule is C[C@@H]1CN(S(=O)(=O)c2cccc(C(=O)OCc3cc(-c4ccccc4)no3)c2)C[C@@H](C)O1. The van der Waals surface area contributed by atoms with Crippen LogP contribution in [0.4, 0.5) is 0 Å². The molecule has 168 valence electrons. The third-order valence-electron chi connectivity index (χ3n) is 5.07. The normalized spacial score (nSPS) is 19.6. The highest BCUT2D eigenvalue weighted by Gasteiger charge is 2.32. The van der Waals surface area contributed by atoms with Crippen molar-refractivity contribution in [2.75, 3.05) is 13.1 Å². The van der Waals surface area contributed by atoms with Crippen molar-refractivity contribution >= 4 is 16.0 Å². The van der Waals surface area contributed by atoms with E-state index >= 15 is 0 Å². The molecule has 2 heterocycles. The fourth-order valence-electron chi connectivity index (χ4n) is 3.61. The first-order valence-corrected chi connectivity index (χ1v) is 11.7. The number of ether oxygens (including phenoxy) is 2. The second-order valence-corrected chi connectivity index (χ2v) is 9.67. The minimum Gasteiger partial charge on any atom is -0.454 e. The second kappa shape index (κ2) is 9.23. The summed E-state index contributed by atoms with van der Waals surface area (Å²) in [6, 6.07) is 17.0. The van der Waals surface area contributed by atoms with Gasteiger partial charge in [0.1, 0.15) is 5.69 Å². The van der Waals surface area contributed by atoms with Gasteiger partial charge in [0.15, 0.2) is 12.4 Å². The molecule has 2 atom stereocenters. The van der Waals surface area contributed by atoms with Gasteiger partial charge in [-0.2, -0.15) is 4.31 Å². The molecule has 3 aromatic rings. The number of carbonyl (C=O) groups is 1. The molecule has 9 heteroatoms. The van der Waals surface area contributed by atoms with Gasteiger partial charge in [0.2, 0.25) is 10.0 Å². The summed E-state index contributed by atoms with van der Waals surface area (Å²) >= 11 is 0. The summed E-state index contributed by atoms with van der Waals surface area (Å²) in [7, 11) is -3.76. The minimum absolute atomic E-state index is 0.0410. The average Bonchev–Trinajstić information content (AvgIpc) is 3.26. The van der Waals surface area contributed by atoms with Crippen molar-refractivity contribution in [3.05, 3.63) is 72.0 Å². The highest BCUT2D eigenvalue weighted by molar-refractivity contribution is 7.89. The first-order chi connectivity index (χ1) is 15.3. The molecule has 1 fully saturated rings. The molecule has 0 aliphatic carbocycles. The summed E-state index contributed by atoms with van der Waals surface area (Å²) in [5.41, 5.74) is 1.67. The molecule has 32 heavy (non-hydrogen) atoms. The van der Waals surface area contributed by atoms with E-state index in [2.05, 4.69) is 5.16 Å². The fourth-order valence-corrected chi connectivity index (χ4v) is 5.24. The predicted octanol–water partition coefficient (Wildman–Crippen LogP) is 3.50. The molecule has 0 radical (unpaired) electrons. The minimum atomic E-state index is -3.76. The lowest BCUT2D eigenvalue weighted by molar-refractivity contribution is -0.0440. The van der Waals surface area contributed by atoms with Gasteiger partial charge in [0, 0.05) is 24.7 Å². The van der Waals surface area contributed by atoms with Gasteiger partial charge in [0.05, 0.1) is 22.7 Å². The van der Waals surface area contributed by atoms with Crippen LogP contribution in [0, 0.1) is 0 Å². The third kappa shape index (κ3) is 4.90. The Kier molecular flexibility index (Phi) is 6.40. The zero-order valence-electron chi connectivity index (χ0n) is 17.8. The number of morpholine rings is 1. The van der Waals surface area contributed by atoms with E-state index in [4.69, 9.17) is 14.0 Å². The van der Waals surface area contributed by atoms with E-state index in [9.17, 15) is 13.2 Å². The molecule has 0 unspecified atom stereocenters. The van der Waals surface area contributed by atoms with E-state index in [0.29, 0.717) is 11.5 Å². The Balaban J connectivity index is 1.44. The Morgan fingerprint density at radius 1 is 1.06 bits per heavy atom. The van der Waals surface area contributed by atoms with E-state index in [0.717, 1.165) is 5.56 Å². The van der Waals surface area contributed by atoms with E-state index in [1.807, 2.05) is 44.2 Å². The van der Waals surface area contributed by atoms with Crippen LogP contribution < -0.4 is 0 Å². The summed E-state index contributed by atoms with van der Waals surface area (Å²) < 4.78 is 43.7. The molecular formula is C23H24N2O6S. The Morgan fingerprint density at radius 3 is 2.50 bits per heavy atom. The highest BCUT2D eigenvalue weighted by Crippen LogP contribution is 2.23. The van der Waals surface area contributed by atoms with Crippen molar-refractivity contribution in [1.82, 2.24) is 9.46 Å². The average molecular weight is 457 g/mol. The Hall–Kier alpha value is -3.01. The molecule has 1 saturated heterocycles. The molecule has 1 aliphatic rings. The highest BCUT2D eigenvalue weighted by atomic mass is 32.2. The van der Waals surface area contributed by atoms with Gasteiger partial charge in [-0.15, -0.1) is 0 Å². The maximum Gasteiger partial charge on any atom is 0.338 e. The number of esters is 1. The lowest BCUT2D eigenvalue weighted by atomic mass is 10.1. The van der Waals surface area contributed by atoms with Gasteiger partial charge in [-0.1, -0.05) is 41.6 Å². The fraction of sp³-hybridized carbons (Fsp3) is 0.304. The molecule has 0 bridgehead atoms. The van der Waals surface area contributed by atoms with Crippen LogP contribution in [0.5, 0.6) is 0 Å². The molecule has 0 saturated carbocycles. The van der Waals surface area contributed by atoms with Gasteiger partial charge in [0.25, 0.3) is 0 Å². The van der Waals surface area contributed by atoms with Gasteiger partial charge in [-0.25, -0.2) is 13.2 Å². The maximum atomic E-state index is 13.1. The van der Waals surface area contributed by atoms with Gasteiger partial charge in [-0.05, 0) is 32.0 Å². The summed E-state index contributed by atoms with van der Waals surface area (Å²) in [5, 5.41) is 3.99. The lowest BCUT2D eigenvalue weighted by Crippen LogP contribution is -2.48. The van der Waals surface area contributed by atoms with E-state index < -0.39 is 16.0 Å². The lowest BCUT2D eigenvalue weighted by Gasteiger charge is -2.34. The van der Waals surface area contributed by atoms with Crippen LogP contribution in [0.2, 0.25) is 0 Å². The van der Waals surface area contributed by atoms with Crippen molar-refractivity contribution in [2.24, 2.45) is 0 Å².